The molecule has 26 heavy (non-hydrogen) atoms. The van der Waals surface area contributed by atoms with E-state index < -0.39 is 10.0 Å². The van der Waals surface area contributed by atoms with E-state index >= 15 is 0 Å². The molecule has 1 aliphatic heterocycles. The van der Waals surface area contributed by atoms with Crippen molar-refractivity contribution in [3.05, 3.63) is 53.6 Å². The molecular weight excluding hydrogens is 368 g/mol. The summed E-state index contributed by atoms with van der Waals surface area (Å²) in [5, 5.41) is 2.94. The van der Waals surface area contributed by atoms with Crippen LogP contribution >= 0.6 is 11.8 Å². The van der Waals surface area contributed by atoms with Crippen molar-refractivity contribution in [1.82, 2.24) is 0 Å². The van der Waals surface area contributed by atoms with Crippen molar-refractivity contribution >= 4 is 39.1 Å². The molecule has 1 N–H and O–H groups in total. The number of sulfonamides is 1. The van der Waals surface area contributed by atoms with Crippen LogP contribution in [0.15, 0.2) is 47.4 Å². The molecule has 0 unspecified atom stereocenters. The van der Waals surface area contributed by atoms with Gasteiger partial charge in [-0.15, -0.1) is 11.8 Å². The summed E-state index contributed by atoms with van der Waals surface area (Å²) in [6.07, 6.45) is 0.625. The summed E-state index contributed by atoms with van der Waals surface area (Å²) in [5.41, 5.74) is 2.74. The van der Waals surface area contributed by atoms with Crippen LogP contribution < -0.4 is 9.62 Å². The fourth-order valence-corrected chi connectivity index (χ4v) is 5.31. The number of thioether (sulfide) groups is 1. The molecule has 1 aliphatic rings. The Morgan fingerprint density at radius 2 is 2.00 bits per heavy atom. The number of amides is 1. The van der Waals surface area contributed by atoms with Crippen LogP contribution in [0.5, 0.6) is 0 Å². The van der Waals surface area contributed by atoms with E-state index in [0.29, 0.717) is 29.9 Å². The van der Waals surface area contributed by atoms with E-state index in [1.165, 1.54) is 4.31 Å². The monoisotopic (exact) mass is 390 g/mol. The number of benzene rings is 2. The molecule has 0 aromatic heterocycles. The summed E-state index contributed by atoms with van der Waals surface area (Å²) in [5.74, 6) is 0.863. The van der Waals surface area contributed by atoms with E-state index in [-0.39, 0.29) is 11.7 Å². The summed E-state index contributed by atoms with van der Waals surface area (Å²) >= 11 is 1.62. The Balaban J connectivity index is 1.88. The number of anilines is 2. The third-order valence-electron chi connectivity index (χ3n) is 4.29. The number of rotatable bonds is 5. The van der Waals surface area contributed by atoms with Crippen LogP contribution in [0.3, 0.4) is 0 Å². The molecule has 0 bridgehead atoms. The molecule has 2 aromatic rings. The zero-order chi connectivity index (χ0) is 18.7. The van der Waals surface area contributed by atoms with Gasteiger partial charge in [0, 0.05) is 17.1 Å². The lowest BCUT2D eigenvalue weighted by Crippen LogP contribution is -2.25. The van der Waals surface area contributed by atoms with Crippen molar-refractivity contribution in [3.8, 4) is 0 Å². The Bertz CT molecular complexity index is 926. The summed E-state index contributed by atoms with van der Waals surface area (Å²) < 4.78 is 25.7. The Kier molecular flexibility index (Phi) is 5.58. The first kappa shape index (κ1) is 18.8. The summed E-state index contributed by atoms with van der Waals surface area (Å²) in [4.78, 5) is 13.7. The third-order valence-corrected chi connectivity index (χ3v) is 7.11. The van der Waals surface area contributed by atoms with Crippen LogP contribution in [0.25, 0.3) is 0 Å². The van der Waals surface area contributed by atoms with Crippen molar-refractivity contribution < 1.29 is 13.2 Å². The van der Waals surface area contributed by atoms with Gasteiger partial charge < -0.3 is 5.32 Å². The van der Waals surface area contributed by atoms with Gasteiger partial charge in [0.1, 0.15) is 0 Å². The molecule has 1 amide bonds. The van der Waals surface area contributed by atoms with Gasteiger partial charge in [0.25, 0.3) is 5.91 Å². The van der Waals surface area contributed by atoms with Crippen LogP contribution in [-0.4, -0.2) is 32.4 Å². The number of hydrogen-bond acceptors (Lipinski definition) is 4. The lowest BCUT2D eigenvalue weighted by molar-refractivity contribution is 0.102. The second-order valence-corrected chi connectivity index (χ2v) is 9.44. The minimum atomic E-state index is -3.25. The van der Waals surface area contributed by atoms with E-state index in [2.05, 4.69) is 5.32 Å². The molecule has 1 fully saturated rings. The van der Waals surface area contributed by atoms with Gasteiger partial charge in [0.05, 0.1) is 17.0 Å². The Labute approximate surface area is 158 Å². The molecule has 0 spiro atoms. The molecule has 0 radical (unpaired) electrons. The average Bonchev–Trinajstić information content (AvgIpc) is 2.97. The van der Waals surface area contributed by atoms with Crippen LogP contribution in [0, 0.1) is 6.92 Å². The molecule has 0 atom stereocenters. The molecule has 0 aliphatic carbocycles. The van der Waals surface area contributed by atoms with E-state index in [9.17, 15) is 13.2 Å². The predicted molar refractivity (Wildman–Crippen MR) is 108 cm³/mol. The highest BCUT2D eigenvalue weighted by atomic mass is 32.2. The zero-order valence-electron chi connectivity index (χ0n) is 14.9. The van der Waals surface area contributed by atoms with E-state index in [0.717, 1.165) is 16.2 Å². The molecule has 1 heterocycles. The number of carbonyl (C=O) groups is 1. The molecular formula is C19H22N2O3S2. The minimum Gasteiger partial charge on any atom is -0.322 e. The summed E-state index contributed by atoms with van der Waals surface area (Å²) in [7, 11) is -3.25. The molecule has 138 valence electrons. The van der Waals surface area contributed by atoms with Gasteiger partial charge >= 0.3 is 0 Å². The third kappa shape index (κ3) is 3.88. The van der Waals surface area contributed by atoms with Crippen LogP contribution in [0.2, 0.25) is 0 Å². The highest BCUT2D eigenvalue weighted by Gasteiger charge is 2.28. The fourth-order valence-electron chi connectivity index (χ4n) is 2.95. The maximum Gasteiger partial charge on any atom is 0.256 e. The van der Waals surface area contributed by atoms with E-state index in [4.69, 9.17) is 0 Å². The lowest BCUT2D eigenvalue weighted by Gasteiger charge is -2.19. The summed E-state index contributed by atoms with van der Waals surface area (Å²) in [6.45, 7) is 4.42. The van der Waals surface area contributed by atoms with Gasteiger partial charge in [0.2, 0.25) is 10.0 Å². The molecule has 5 nitrogen and oxygen atoms in total. The van der Waals surface area contributed by atoms with Crippen LogP contribution in [-0.2, 0) is 10.0 Å². The maximum absolute atomic E-state index is 12.8. The van der Waals surface area contributed by atoms with Crippen molar-refractivity contribution in [2.45, 2.75) is 25.2 Å². The van der Waals surface area contributed by atoms with Gasteiger partial charge in [-0.25, -0.2) is 8.42 Å². The van der Waals surface area contributed by atoms with Gasteiger partial charge in [-0.1, -0.05) is 25.1 Å². The Morgan fingerprint density at radius 3 is 2.69 bits per heavy atom. The van der Waals surface area contributed by atoms with Crippen molar-refractivity contribution in [3.63, 3.8) is 0 Å². The normalized spacial score (nSPS) is 15.8. The Morgan fingerprint density at radius 1 is 1.23 bits per heavy atom. The van der Waals surface area contributed by atoms with Crippen LogP contribution in [0.4, 0.5) is 11.4 Å². The zero-order valence-corrected chi connectivity index (χ0v) is 16.5. The first-order chi connectivity index (χ1) is 12.4. The topological polar surface area (TPSA) is 66.5 Å². The predicted octanol–water partition coefficient (Wildman–Crippen LogP) is 3.90. The number of nitrogens with zero attached hydrogens (tertiary/aromatic N) is 1. The molecule has 1 saturated heterocycles. The van der Waals surface area contributed by atoms with Crippen molar-refractivity contribution in [2.75, 3.05) is 27.7 Å². The second kappa shape index (κ2) is 7.72. The minimum absolute atomic E-state index is 0.171. The summed E-state index contributed by atoms with van der Waals surface area (Å²) in [6, 6.07) is 12.9. The molecule has 3 rings (SSSR count). The largest absolute Gasteiger partial charge is 0.322 e. The molecule has 7 heteroatoms. The molecule has 0 saturated carbocycles. The number of hydrogen-bond donors (Lipinski definition) is 1. The highest BCUT2D eigenvalue weighted by Crippen LogP contribution is 2.29. The van der Waals surface area contributed by atoms with E-state index in [1.54, 1.807) is 30.0 Å². The van der Waals surface area contributed by atoms with Gasteiger partial charge in [-0.2, -0.15) is 0 Å². The van der Waals surface area contributed by atoms with E-state index in [1.807, 2.05) is 38.1 Å². The molecule has 2 aromatic carbocycles. The smallest absolute Gasteiger partial charge is 0.256 e. The van der Waals surface area contributed by atoms with Gasteiger partial charge in [0.15, 0.2) is 0 Å². The second-order valence-electron chi connectivity index (χ2n) is 6.12. The first-order valence-corrected chi connectivity index (χ1v) is 11.2. The highest BCUT2D eigenvalue weighted by molar-refractivity contribution is 7.99. The van der Waals surface area contributed by atoms with Gasteiger partial charge in [-0.05, 0) is 48.9 Å². The SMILES string of the molecule is CCSc1ccccc1C(=O)Nc1cc(N2CCCS2(=O)=O)ccc1C. The van der Waals surface area contributed by atoms with Crippen LogP contribution in [0.1, 0.15) is 29.3 Å². The standard InChI is InChI=1S/C19H22N2O3S2/c1-3-25-18-8-5-4-7-16(18)19(22)20-17-13-15(10-9-14(17)2)21-11-6-12-26(21,23)24/h4-5,7-10,13H,3,6,11-12H2,1-2H3,(H,20,22). The number of nitrogens with one attached hydrogen (secondary N) is 1. The van der Waals surface area contributed by atoms with Gasteiger partial charge in [-0.3, -0.25) is 9.10 Å². The lowest BCUT2D eigenvalue weighted by atomic mass is 10.1. The van der Waals surface area contributed by atoms with Crippen molar-refractivity contribution in [2.24, 2.45) is 0 Å². The average molecular weight is 391 g/mol. The quantitative estimate of drug-likeness (QED) is 0.787. The number of carbonyl (C=O) groups excluding carboxylic acids is 1. The maximum atomic E-state index is 12.8. The fraction of sp³-hybridized carbons (Fsp3) is 0.316. The first-order valence-electron chi connectivity index (χ1n) is 8.56. The van der Waals surface area contributed by atoms with Crippen molar-refractivity contribution in [1.29, 1.82) is 0 Å². The number of aryl methyl sites for hydroxylation is 1. The Hall–Kier alpha value is -1.99.